The molecule has 0 radical (unpaired) electrons. The van der Waals surface area contributed by atoms with E-state index in [1.165, 1.54) is 11.6 Å². The first-order valence-corrected chi connectivity index (χ1v) is 7.16. The number of aryl methyl sites for hydroxylation is 2. The van der Waals surface area contributed by atoms with Crippen LogP contribution < -0.4 is 0 Å². The Morgan fingerprint density at radius 3 is 2.85 bits per heavy atom. The second kappa shape index (κ2) is 5.37. The van der Waals surface area contributed by atoms with E-state index in [2.05, 4.69) is 6.07 Å². The Morgan fingerprint density at radius 1 is 1.20 bits per heavy atom. The van der Waals surface area contributed by atoms with Gasteiger partial charge in [0, 0.05) is 0 Å². The molecule has 0 aliphatic heterocycles. The summed E-state index contributed by atoms with van der Waals surface area (Å²) < 4.78 is 13.4. The molecular weight excluding hydrogens is 251 g/mol. The lowest BCUT2D eigenvalue weighted by atomic mass is 9.78. The summed E-state index contributed by atoms with van der Waals surface area (Å²) in [4.78, 5) is 0. The van der Waals surface area contributed by atoms with Crippen molar-refractivity contribution in [2.75, 3.05) is 0 Å². The van der Waals surface area contributed by atoms with E-state index in [1.807, 2.05) is 31.2 Å². The molecule has 0 saturated heterocycles. The molecule has 2 aromatic carbocycles. The minimum absolute atomic E-state index is 0.172. The Hall–Kier alpha value is -1.67. The minimum Gasteiger partial charge on any atom is -0.388 e. The van der Waals surface area contributed by atoms with Crippen molar-refractivity contribution in [2.45, 2.75) is 32.3 Å². The highest BCUT2D eigenvalue weighted by atomic mass is 19.1. The highest BCUT2D eigenvalue weighted by Crippen LogP contribution is 2.36. The minimum atomic E-state index is -0.442. The van der Waals surface area contributed by atoms with Crippen LogP contribution in [0.4, 0.5) is 4.39 Å². The lowest BCUT2D eigenvalue weighted by Gasteiger charge is -2.30. The van der Waals surface area contributed by atoms with Gasteiger partial charge in [-0.25, -0.2) is 4.39 Å². The zero-order chi connectivity index (χ0) is 14.1. The van der Waals surface area contributed by atoms with Crippen LogP contribution in [0.25, 0.3) is 0 Å². The predicted octanol–water partition coefficient (Wildman–Crippen LogP) is 3.97. The monoisotopic (exact) mass is 270 g/mol. The van der Waals surface area contributed by atoms with Crippen LogP contribution in [-0.4, -0.2) is 5.11 Å². The zero-order valence-electron chi connectivity index (χ0n) is 11.6. The van der Waals surface area contributed by atoms with Gasteiger partial charge < -0.3 is 5.11 Å². The van der Waals surface area contributed by atoms with Gasteiger partial charge in [0.15, 0.2) is 0 Å². The van der Waals surface area contributed by atoms with Crippen LogP contribution in [0.2, 0.25) is 0 Å². The van der Waals surface area contributed by atoms with Crippen molar-refractivity contribution in [1.82, 2.24) is 0 Å². The van der Waals surface area contributed by atoms with E-state index in [0.717, 1.165) is 36.0 Å². The zero-order valence-corrected chi connectivity index (χ0v) is 11.6. The van der Waals surface area contributed by atoms with Gasteiger partial charge in [-0.15, -0.1) is 0 Å². The van der Waals surface area contributed by atoms with Crippen LogP contribution in [-0.2, 0) is 12.8 Å². The standard InChI is InChI=1S/C18H19FO/c1-12-6-9-16(19)11-15(12)10-14-8-7-13-4-2-3-5-17(13)18(14)20/h2-6,9,11,14,18,20H,7-8,10H2,1H3. The fourth-order valence-corrected chi connectivity index (χ4v) is 3.16. The van der Waals surface area contributed by atoms with Gasteiger partial charge in [0.2, 0.25) is 0 Å². The Labute approximate surface area is 119 Å². The predicted molar refractivity (Wildman–Crippen MR) is 78.1 cm³/mol. The third-order valence-electron chi connectivity index (χ3n) is 4.40. The molecule has 1 N–H and O–H groups in total. The SMILES string of the molecule is Cc1ccc(F)cc1CC1CCc2ccccc2C1O. The lowest BCUT2D eigenvalue weighted by Crippen LogP contribution is -2.22. The van der Waals surface area contributed by atoms with Gasteiger partial charge in [-0.1, -0.05) is 30.3 Å². The molecule has 2 aromatic rings. The van der Waals surface area contributed by atoms with Gasteiger partial charge in [-0.05, 0) is 66.5 Å². The first kappa shape index (κ1) is 13.3. The summed E-state index contributed by atoms with van der Waals surface area (Å²) in [5.74, 6) is -0.0262. The van der Waals surface area contributed by atoms with Crippen LogP contribution in [0.1, 0.15) is 34.8 Å². The van der Waals surface area contributed by atoms with Gasteiger partial charge in [-0.3, -0.25) is 0 Å². The van der Waals surface area contributed by atoms with Crippen molar-refractivity contribution in [2.24, 2.45) is 5.92 Å². The fourth-order valence-electron chi connectivity index (χ4n) is 3.16. The third kappa shape index (κ3) is 2.48. The Kier molecular flexibility index (Phi) is 3.58. The molecule has 0 fully saturated rings. The lowest BCUT2D eigenvalue weighted by molar-refractivity contribution is 0.0935. The average Bonchev–Trinajstić information content (AvgIpc) is 2.46. The molecule has 1 aliphatic carbocycles. The van der Waals surface area contributed by atoms with Crippen molar-refractivity contribution < 1.29 is 9.50 Å². The summed E-state index contributed by atoms with van der Waals surface area (Å²) in [7, 11) is 0. The number of rotatable bonds is 2. The van der Waals surface area contributed by atoms with Crippen LogP contribution in [0, 0.1) is 18.7 Å². The van der Waals surface area contributed by atoms with Crippen LogP contribution in [0.15, 0.2) is 42.5 Å². The molecule has 0 heterocycles. The Morgan fingerprint density at radius 2 is 2.00 bits per heavy atom. The molecule has 2 heteroatoms. The molecule has 104 valence electrons. The van der Waals surface area contributed by atoms with Gasteiger partial charge >= 0.3 is 0 Å². The molecule has 2 unspecified atom stereocenters. The van der Waals surface area contributed by atoms with Gasteiger partial charge in [0.1, 0.15) is 5.82 Å². The van der Waals surface area contributed by atoms with Crippen molar-refractivity contribution in [1.29, 1.82) is 0 Å². The molecule has 2 atom stereocenters. The largest absolute Gasteiger partial charge is 0.388 e. The molecule has 0 saturated carbocycles. The topological polar surface area (TPSA) is 20.2 Å². The summed E-state index contributed by atoms with van der Waals surface area (Å²) >= 11 is 0. The van der Waals surface area contributed by atoms with Crippen molar-refractivity contribution in [3.63, 3.8) is 0 Å². The number of aliphatic hydroxyl groups excluding tert-OH is 1. The van der Waals surface area contributed by atoms with Crippen molar-refractivity contribution in [3.05, 3.63) is 70.5 Å². The molecule has 0 aromatic heterocycles. The molecule has 3 rings (SSSR count). The molecule has 0 amide bonds. The molecule has 0 spiro atoms. The van der Waals surface area contributed by atoms with Gasteiger partial charge in [0.05, 0.1) is 6.10 Å². The maximum absolute atomic E-state index is 13.4. The summed E-state index contributed by atoms with van der Waals surface area (Å²) in [6, 6.07) is 13.0. The molecular formula is C18H19FO. The normalized spacial score (nSPS) is 21.6. The van der Waals surface area contributed by atoms with E-state index in [1.54, 1.807) is 6.07 Å². The third-order valence-corrected chi connectivity index (χ3v) is 4.40. The summed E-state index contributed by atoms with van der Waals surface area (Å²) in [6.45, 7) is 2.00. The maximum atomic E-state index is 13.4. The van der Waals surface area contributed by atoms with E-state index in [-0.39, 0.29) is 11.7 Å². The second-order valence-corrected chi connectivity index (χ2v) is 5.72. The first-order chi connectivity index (χ1) is 9.65. The molecule has 1 nitrogen and oxygen atoms in total. The van der Waals surface area contributed by atoms with Crippen LogP contribution >= 0.6 is 0 Å². The smallest absolute Gasteiger partial charge is 0.123 e. The summed E-state index contributed by atoms with van der Waals surface area (Å²) in [6.07, 6.45) is 2.24. The average molecular weight is 270 g/mol. The maximum Gasteiger partial charge on any atom is 0.123 e. The number of halogens is 1. The van der Waals surface area contributed by atoms with Crippen LogP contribution in [0.5, 0.6) is 0 Å². The van der Waals surface area contributed by atoms with E-state index in [9.17, 15) is 9.50 Å². The van der Waals surface area contributed by atoms with E-state index in [0.29, 0.717) is 0 Å². The quantitative estimate of drug-likeness (QED) is 0.875. The van der Waals surface area contributed by atoms with Crippen molar-refractivity contribution in [3.8, 4) is 0 Å². The first-order valence-electron chi connectivity index (χ1n) is 7.16. The van der Waals surface area contributed by atoms with Gasteiger partial charge in [0.25, 0.3) is 0 Å². The van der Waals surface area contributed by atoms with E-state index in [4.69, 9.17) is 0 Å². The van der Waals surface area contributed by atoms with E-state index < -0.39 is 6.10 Å². The number of fused-ring (bicyclic) bond motifs is 1. The molecule has 0 bridgehead atoms. The number of benzene rings is 2. The van der Waals surface area contributed by atoms with Gasteiger partial charge in [-0.2, -0.15) is 0 Å². The number of hydrogen-bond donors (Lipinski definition) is 1. The van der Waals surface area contributed by atoms with E-state index >= 15 is 0 Å². The summed E-state index contributed by atoms with van der Waals surface area (Å²) in [5.41, 5.74) is 4.39. The molecule has 20 heavy (non-hydrogen) atoms. The summed E-state index contributed by atoms with van der Waals surface area (Å²) in [5, 5.41) is 10.5. The fraction of sp³-hybridized carbons (Fsp3) is 0.333. The van der Waals surface area contributed by atoms with Crippen LogP contribution in [0.3, 0.4) is 0 Å². The number of hydrogen-bond acceptors (Lipinski definition) is 1. The number of aliphatic hydroxyl groups is 1. The van der Waals surface area contributed by atoms with Crippen molar-refractivity contribution >= 4 is 0 Å². The highest BCUT2D eigenvalue weighted by Gasteiger charge is 2.28. The second-order valence-electron chi connectivity index (χ2n) is 5.72. The molecule has 1 aliphatic rings. The Bertz CT molecular complexity index is 621. The highest BCUT2D eigenvalue weighted by molar-refractivity contribution is 5.33. The Balaban J connectivity index is 1.84.